The molecule has 3 aliphatic carbocycles. The minimum absolute atomic E-state index is 0.101. The number of hydrogen-bond acceptors (Lipinski definition) is 3. The third kappa shape index (κ3) is 2.59. The Labute approximate surface area is 181 Å². The lowest BCUT2D eigenvalue weighted by atomic mass is 9.52. The quantitative estimate of drug-likeness (QED) is 0.538. The van der Waals surface area contributed by atoms with E-state index in [-0.39, 0.29) is 22.4 Å². The molecule has 1 aliphatic heterocycles. The van der Waals surface area contributed by atoms with E-state index in [1.54, 1.807) is 12.7 Å². The van der Waals surface area contributed by atoms with Gasteiger partial charge in [0, 0.05) is 5.41 Å². The van der Waals surface area contributed by atoms with Gasteiger partial charge in [0.2, 0.25) is 0 Å². The number of hydrogen-bond donors (Lipinski definition) is 0. The molecule has 4 aliphatic rings. The minimum Gasteiger partial charge on any atom is -0.497 e. The van der Waals surface area contributed by atoms with Gasteiger partial charge in [0.15, 0.2) is 0 Å². The van der Waals surface area contributed by atoms with E-state index in [4.69, 9.17) is 9.47 Å². The van der Waals surface area contributed by atoms with Gasteiger partial charge < -0.3 is 9.47 Å². The van der Waals surface area contributed by atoms with Gasteiger partial charge in [-0.05, 0) is 105 Å². The summed E-state index contributed by atoms with van der Waals surface area (Å²) in [6.45, 7) is 6.78. The molecule has 30 heavy (non-hydrogen) atoms. The van der Waals surface area contributed by atoms with Gasteiger partial charge in [-0.25, -0.2) is 0 Å². The van der Waals surface area contributed by atoms with Crippen LogP contribution in [0.2, 0.25) is 0 Å². The van der Waals surface area contributed by atoms with Crippen molar-refractivity contribution >= 4 is 5.97 Å². The van der Waals surface area contributed by atoms with Crippen molar-refractivity contribution < 1.29 is 14.3 Å². The fourth-order valence-electron chi connectivity index (χ4n) is 8.13. The topological polar surface area (TPSA) is 35.5 Å². The van der Waals surface area contributed by atoms with Gasteiger partial charge in [0.05, 0.1) is 12.5 Å². The van der Waals surface area contributed by atoms with Crippen LogP contribution in [0.4, 0.5) is 0 Å². The smallest absolute Gasteiger partial charge is 0.312 e. The first-order chi connectivity index (χ1) is 14.4. The molecule has 5 rings (SSSR count). The lowest BCUT2D eigenvalue weighted by Crippen LogP contribution is -2.57. The molecule has 3 fully saturated rings. The van der Waals surface area contributed by atoms with Gasteiger partial charge in [-0.15, -0.1) is 0 Å². The third-order valence-corrected chi connectivity index (χ3v) is 10.3. The molecule has 4 unspecified atom stereocenters. The second kappa shape index (κ2) is 7.00. The molecule has 1 aromatic carbocycles. The summed E-state index contributed by atoms with van der Waals surface area (Å²) < 4.78 is 12.0. The molecule has 1 heterocycles. The maximum Gasteiger partial charge on any atom is 0.312 e. The zero-order valence-corrected chi connectivity index (χ0v) is 19.3. The molecule has 0 aromatic heterocycles. The maximum absolute atomic E-state index is 13.2. The summed E-state index contributed by atoms with van der Waals surface area (Å²) >= 11 is 0. The van der Waals surface area contributed by atoms with E-state index >= 15 is 0 Å². The number of methoxy groups -OCH3 is 1. The van der Waals surface area contributed by atoms with E-state index < -0.39 is 0 Å². The predicted molar refractivity (Wildman–Crippen MR) is 119 cm³/mol. The van der Waals surface area contributed by atoms with Gasteiger partial charge in [0.1, 0.15) is 11.4 Å². The highest BCUT2D eigenvalue weighted by Gasteiger charge is 2.66. The Morgan fingerprint density at radius 3 is 2.57 bits per heavy atom. The van der Waals surface area contributed by atoms with Crippen LogP contribution in [0.1, 0.15) is 95.6 Å². The molecular formula is C27H38O3. The summed E-state index contributed by atoms with van der Waals surface area (Å²) in [6, 6.07) is 6.73. The third-order valence-electron chi connectivity index (χ3n) is 10.3. The molecule has 0 radical (unpaired) electrons. The van der Waals surface area contributed by atoms with Gasteiger partial charge >= 0.3 is 5.97 Å². The summed E-state index contributed by atoms with van der Waals surface area (Å²) in [5.41, 5.74) is 2.74. The van der Waals surface area contributed by atoms with Crippen molar-refractivity contribution in [3.8, 4) is 5.75 Å². The van der Waals surface area contributed by atoms with E-state index in [0.29, 0.717) is 11.8 Å². The number of carbonyl (C=O) groups excluding carboxylic acids is 1. The lowest BCUT2D eigenvalue weighted by Gasteiger charge is -2.56. The molecule has 1 aromatic rings. The van der Waals surface area contributed by atoms with Crippen LogP contribution in [0, 0.1) is 22.7 Å². The number of fused-ring (bicyclic) bond motifs is 6. The summed E-state index contributed by atoms with van der Waals surface area (Å²) in [5, 5.41) is 0. The molecule has 5 atom stereocenters. The second-order valence-electron chi connectivity index (χ2n) is 10.8. The zero-order chi connectivity index (χ0) is 21.1. The van der Waals surface area contributed by atoms with E-state index in [9.17, 15) is 4.79 Å². The fraction of sp³-hybridized carbons (Fsp3) is 0.741. The summed E-state index contributed by atoms with van der Waals surface area (Å²) in [4.78, 5) is 13.2. The van der Waals surface area contributed by atoms with Crippen LogP contribution in [0.25, 0.3) is 0 Å². The number of rotatable bonds is 3. The Morgan fingerprint density at radius 2 is 1.87 bits per heavy atom. The van der Waals surface area contributed by atoms with Crippen LogP contribution >= 0.6 is 0 Å². The van der Waals surface area contributed by atoms with Gasteiger partial charge in [0.25, 0.3) is 0 Å². The van der Waals surface area contributed by atoms with Crippen molar-refractivity contribution in [1.82, 2.24) is 0 Å². The fourth-order valence-corrected chi connectivity index (χ4v) is 8.13. The largest absolute Gasteiger partial charge is 0.497 e. The molecule has 1 saturated heterocycles. The molecule has 1 spiro atoms. The molecule has 0 N–H and O–H groups in total. The van der Waals surface area contributed by atoms with Crippen LogP contribution in [0.5, 0.6) is 5.75 Å². The first kappa shape index (κ1) is 20.4. The highest BCUT2D eigenvalue weighted by molar-refractivity contribution is 5.78. The first-order valence-electron chi connectivity index (χ1n) is 12.3. The SMILES string of the molecule is CCC1(CC)CC[C@@]2(CCC3C4CCc5cc(OC)ccc5C4CCC32C)OC1=O. The predicted octanol–water partition coefficient (Wildman–Crippen LogP) is 6.43. The molecule has 0 bridgehead atoms. The van der Waals surface area contributed by atoms with E-state index in [2.05, 4.69) is 39.0 Å². The minimum atomic E-state index is -0.236. The van der Waals surface area contributed by atoms with E-state index in [1.165, 1.54) is 31.2 Å². The van der Waals surface area contributed by atoms with Crippen LogP contribution in [-0.4, -0.2) is 18.7 Å². The highest BCUT2D eigenvalue weighted by atomic mass is 16.6. The van der Waals surface area contributed by atoms with Crippen molar-refractivity contribution in [3.05, 3.63) is 29.3 Å². The monoisotopic (exact) mass is 410 g/mol. The van der Waals surface area contributed by atoms with Gasteiger partial charge in [-0.1, -0.05) is 26.8 Å². The second-order valence-corrected chi connectivity index (χ2v) is 10.8. The van der Waals surface area contributed by atoms with Crippen LogP contribution in [0.3, 0.4) is 0 Å². The van der Waals surface area contributed by atoms with Crippen LogP contribution in [0.15, 0.2) is 18.2 Å². The number of benzene rings is 1. The standard InChI is InChI=1S/C27H38O3/c1-5-26(6-2)15-16-27(30-24(26)28)14-12-23-22-9-7-18-17-19(29-4)8-10-20(18)21(22)11-13-25(23,27)3/h8,10,17,21-23H,5-7,9,11-16H2,1-4H3/t21?,22?,23?,25?,27-/m1/s1. The van der Waals surface area contributed by atoms with E-state index in [0.717, 1.165) is 50.2 Å². The van der Waals surface area contributed by atoms with Crippen LogP contribution < -0.4 is 4.74 Å². The normalized spacial score (nSPS) is 39.1. The van der Waals surface area contributed by atoms with Crippen molar-refractivity contribution in [2.24, 2.45) is 22.7 Å². The lowest BCUT2D eigenvalue weighted by molar-refractivity contribution is -0.209. The first-order valence-corrected chi connectivity index (χ1v) is 12.3. The number of ether oxygens (including phenoxy) is 2. The Bertz CT molecular complexity index is 841. The summed E-state index contributed by atoms with van der Waals surface area (Å²) in [6.07, 6.45) is 11.0. The number of aryl methyl sites for hydroxylation is 1. The van der Waals surface area contributed by atoms with E-state index in [1.807, 2.05) is 0 Å². The Balaban J connectivity index is 1.43. The summed E-state index contributed by atoms with van der Waals surface area (Å²) in [7, 11) is 1.76. The number of carbonyl (C=O) groups is 1. The molecule has 3 nitrogen and oxygen atoms in total. The number of esters is 1. The maximum atomic E-state index is 13.2. The Morgan fingerprint density at radius 1 is 1.07 bits per heavy atom. The zero-order valence-electron chi connectivity index (χ0n) is 19.3. The molecule has 0 amide bonds. The average Bonchev–Trinajstić information content (AvgIpc) is 3.05. The highest BCUT2D eigenvalue weighted by Crippen LogP contribution is 2.68. The molecule has 3 heteroatoms. The van der Waals surface area contributed by atoms with Crippen LogP contribution in [-0.2, 0) is 16.0 Å². The summed E-state index contributed by atoms with van der Waals surface area (Å²) in [5.74, 6) is 3.15. The molecule has 164 valence electrons. The van der Waals surface area contributed by atoms with Gasteiger partial charge in [-0.2, -0.15) is 0 Å². The van der Waals surface area contributed by atoms with Crippen molar-refractivity contribution in [3.63, 3.8) is 0 Å². The average molecular weight is 411 g/mol. The van der Waals surface area contributed by atoms with Crippen molar-refractivity contribution in [2.75, 3.05) is 7.11 Å². The Hall–Kier alpha value is -1.51. The Kier molecular flexibility index (Phi) is 4.76. The van der Waals surface area contributed by atoms with Crippen molar-refractivity contribution in [1.29, 1.82) is 0 Å². The molecular weight excluding hydrogens is 372 g/mol. The molecule has 2 saturated carbocycles. The van der Waals surface area contributed by atoms with Gasteiger partial charge in [-0.3, -0.25) is 4.79 Å². The van der Waals surface area contributed by atoms with Crippen molar-refractivity contribution in [2.45, 2.75) is 96.5 Å².